The molecule has 0 saturated carbocycles. The maximum atomic E-state index is 13.2. The first-order chi connectivity index (χ1) is 9.20. The first-order valence-corrected chi connectivity index (χ1v) is 6.75. The average Bonchev–Trinajstić information content (AvgIpc) is 2.43. The van der Waals surface area contributed by atoms with Crippen molar-refractivity contribution in [1.82, 2.24) is 0 Å². The van der Waals surface area contributed by atoms with Gasteiger partial charge in [-0.15, -0.1) is 0 Å². The van der Waals surface area contributed by atoms with Gasteiger partial charge in [-0.2, -0.15) is 0 Å². The molecule has 0 aliphatic rings. The van der Waals surface area contributed by atoms with Crippen LogP contribution in [0.15, 0.2) is 42.5 Å². The molecule has 0 aromatic heterocycles. The summed E-state index contributed by atoms with van der Waals surface area (Å²) in [5.41, 5.74) is 2.91. The zero-order chi connectivity index (χ0) is 13.7. The van der Waals surface area contributed by atoms with Gasteiger partial charge in [0.15, 0.2) is 11.6 Å². The molecule has 0 N–H and O–H groups in total. The zero-order valence-electron chi connectivity index (χ0n) is 11.1. The maximum Gasteiger partial charge on any atom is 0.159 e. The summed E-state index contributed by atoms with van der Waals surface area (Å²) in [5, 5.41) is 0. The van der Waals surface area contributed by atoms with Gasteiger partial charge in [0.1, 0.15) is 0 Å². The number of hydrogen-bond donors (Lipinski definition) is 0. The van der Waals surface area contributed by atoms with Crippen LogP contribution in [0.2, 0.25) is 0 Å². The van der Waals surface area contributed by atoms with Crippen LogP contribution in [0.5, 0.6) is 0 Å². The van der Waals surface area contributed by atoms with Gasteiger partial charge in [-0.25, -0.2) is 8.78 Å². The summed E-state index contributed by atoms with van der Waals surface area (Å²) < 4.78 is 26.1. The minimum absolute atomic E-state index is 0.707. The van der Waals surface area contributed by atoms with Gasteiger partial charge in [-0.3, -0.25) is 0 Å². The molecule has 0 amide bonds. The molecule has 0 fully saturated rings. The second-order valence-electron chi connectivity index (χ2n) is 4.78. The molecule has 0 heterocycles. The summed E-state index contributed by atoms with van der Waals surface area (Å²) >= 11 is 0. The van der Waals surface area contributed by atoms with Gasteiger partial charge in [0.25, 0.3) is 0 Å². The van der Waals surface area contributed by atoms with E-state index in [2.05, 4.69) is 19.1 Å². The first kappa shape index (κ1) is 13.7. The van der Waals surface area contributed by atoms with Crippen LogP contribution < -0.4 is 0 Å². The van der Waals surface area contributed by atoms with Crippen LogP contribution in [0, 0.1) is 11.6 Å². The fourth-order valence-corrected chi connectivity index (χ4v) is 2.12. The van der Waals surface area contributed by atoms with Crippen LogP contribution in [0.3, 0.4) is 0 Å². The molecule has 0 saturated heterocycles. The summed E-state index contributed by atoms with van der Waals surface area (Å²) in [7, 11) is 0. The van der Waals surface area contributed by atoms with E-state index in [9.17, 15) is 8.78 Å². The lowest BCUT2D eigenvalue weighted by Crippen LogP contribution is -1.88. The Balaban J connectivity index is 2.11. The zero-order valence-corrected chi connectivity index (χ0v) is 11.1. The monoisotopic (exact) mass is 260 g/mol. The van der Waals surface area contributed by atoms with Crippen LogP contribution >= 0.6 is 0 Å². The summed E-state index contributed by atoms with van der Waals surface area (Å²) in [5.74, 6) is -1.61. The first-order valence-electron chi connectivity index (χ1n) is 6.75. The topological polar surface area (TPSA) is 0 Å². The van der Waals surface area contributed by atoms with Crippen molar-refractivity contribution in [3.8, 4) is 11.1 Å². The van der Waals surface area contributed by atoms with Gasteiger partial charge in [0.05, 0.1) is 0 Å². The molecule has 0 aliphatic heterocycles. The van der Waals surface area contributed by atoms with Crippen molar-refractivity contribution in [3.63, 3.8) is 0 Å². The molecule has 0 nitrogen and oxygen atoms in total. The number of rotatable bonds is 5. The van der Waals surface area contributed by atoms with E-state index in [0.29, 0.717) is 5.56 Å². The fourth-order valence-electron chi connectivity index (χ4n) is 2.12. The maximum absolute atomic E-state index is 13.2. The molecule has 0 unspecified atom stereocenters. The highest BCUT2D eigenvalue weighted by Gasteiger charge is 2.04. The van der Waals surface area contributed by atoms with E-state index in [1.54, 1.807) is 6.07 Å². The lowest BCUT2D eigenvalue weighted by atomic mass is 10.0. The third-order valence-electron chi connectivity index (χ3n) is 3.28. The molecular formula is C17H18F2. The van der Waals surface area contributed by atoms with Crippen LogP contribution in [-0.2, 0) is 6.42 Å². The molecule has 100 valence electrons. The van der Waals surface area contributed by atoms with Gasteiger partial charge >= 0.3 is 0 Å². The van der Waals surface area contributed by atoms with E-state index in [-0.39, 0.29) is 0 Å². The lowest BCUT2D eigenvalue weighted by molar-refractivity contribution is 0.509. The lowest BCUT2D eigenvalue weighted by Gasteiger charge is -2.05. The molecule has 0 aliphatic carbocycles. The third-order valence-corrected chi connectivity index (χ3v) is 3.28. The van der Waals surface area contributed by atoms with Gasteiger partial charge < -0.3 is 0 Å². The van der Waals surface area contributed by atoms with E-state index in [1.165, 1.54) is 37.0 Å². The largest absolute Gasteiger partial charge is 0.204 e. The number of hydrogen-bond acceptors (Lipinski definition) is 0. The Morgan fingerprint density at radius 2 is 1.47 bits per heavy atom. The van der Waals surface area contributed by atoms with Crippen molar-refractivity contribution in [2.75, 3.05) is 0 Å². The van der Waals surface area contributed by atoms with E-state index < -0.39 is 11.6 Å². The highest BCUT2D eigenvalue weighted by molar-refractivity contribution is 5.63. The highest BCUT2D eigenvalue weighted by atomic mass is 19.2. The smallest absolute Gasteiger partial charge is 0.159 e. The van der Waals surface area contributed by atoms with Crippen LogP contribution in [-0.4, -0.2) is 0 Å². The summed E-state index contributed by atoms with van der Waals surface area (Å²) in [4.78, 5) is 0. The van der Waals surface area contributed by atoms with E-state index in [4.69, 9.17) is 0 Å². The number of benzene rings is 2. The Morgan fingerprint density at radius 1 is 0.789 bits per heavy atom. The van der Waals surface area contributed by atoms with Crippen molar-refractivity contribution in [2.45, 2.75) is 32.6 Å². The Hall–Kier alpha value is -1.70. The van der Waals surface area contributed by atoms with E-state index in [0.717, 1.165) is 12.0 Å². The SMILES string of the molecule is CCCCCc1ccc(-c2ccc(F)c(F)c2)cc1. The minimum Gasteiger partial charge on any atom is -0.204 e. The molecule has 0 bridgehead atoms. The van der Waals surface area contributed by atoms with Crippen molar-refractivity contribution in [1.29, 1.82) is 0 Å². The molecule has 2 aromatic carbocycles. The van der Waals surface area contributed by atoms with Gasteiger partial charge in [0, 0.05) is 0 Å². The Morgan fingerprint density at radius 3 is 2.11 bits per heavy atom. The predicted octanol–water partition coefficient (Wildman–Crippen LogP) is 5.36. The van der Waals surface area contributed by atoms with Gasteiger partial charge in [-0.05, 0) is 41.7 Å². The van der Waals surface area contributed by atoms with Crippen LogP contribution in [0.1, 0.15) is 31.7 Å². The van der Waals surface area contributed by atoms with E-state index in [1.807, 2.05) is 12.1 Å². The number of aryl methyl sites for hydroxylation is 1. The predicted molar refractivity (Wildman–Crippen MR) is 75.0 cm³/mol. The number of halogens is 2. The molecule has 2 aromatic rings. The fraction of sp³-hybridized carbons (Fsp3) is 0.294. The van der Waals surface area contributed by atoms with Crippen LogP contribution in [0.25, 0.3) is 11.1 Å². The van der Waals surface area contributed by atoms with Gasteiger partial charge in [0.2, 0.25) is 0 Å². The summed E-state index contributed by atoms with van der Waals surface area (Å²) in [6.45, 7) is 2.19. The molecule has 0 radical (unpaired) electrons. The van der Waals surface area contributed by atoms with Gasteiger partial charge in [-0.1, -0.05) is 50.1 Å². The molecule has 2 heteroatoms. The Bertz CT molecular complexity index is 529. The van der Waals surface area contributed by atoms with Crippen molar-refractivity contribution >= 4 is 0 Å². The molecule has 2 rings (SSSR count). The molecule has 19 heavy (non-hydrogen) atoms. The van der Waals surface area contributed by atoms with Crippen LogP contribution in [0.4, 0.5) is 8.78 Å². The van der Waals surface area contributed by atoms with Crippen molar-refractivity contribution < 1.29 is 8.78 Å². The normalized spacial score (nSPS) is 10.7. The molecule has 0 atom stereocenters. The number of unbranched alkanes of at least 4 members (excludes halogenated alkanes) is 2. The second-order valence-corrected chi connectivity index (χ2v) is 4.78. The summed E-state index contributed by atoms with van der Waals surface area (Å²) in [6, 6.07) is 12.1. The Labute approximate surface area is 113 Å². The standard InChI is InChI=1S/C17H18F2/c1-2-3-4-5-13-6-8-14(9-7-13)15-10-11-16(18)17(19)12-15/h6-12H,2-5H2,1H3. The molecule has 0 spiro atoms. The minimum atomic E-state index is -0.806. The highest BCUT2D eigenvalue weighted by Crippen LogP contribution is 2.22. The van der Waals surface area contributed by atoms with Crippen molar-refractivity contribution in [2.24, 2.45) is 0 Å². The molecular weight excluding hydrogens is 242 g/mol. The van der Waals surface area contributed by atoms with E-state index >= 15 is 0 Å². The average molecular weight is 260 g/mol. The Kier molecular flexibility index (Phi) is 4.67. The quantitative estimate of drug-likeness (QED) is 0.634. The summed E-state index contributed by atoms with van der Waals surface area (Å²) in [6.07, 6.45) is 4.73. The third kappa shape index (κ3) is 3.63. The second kappa shape index (κ2) is 6.46. The van der Waals surface area contributed by atoms with Crippen molar-refractivity contribution in [3.05, 3.63) is 59.7 Å².